The maximum absolute atomic E-state index is 5.60. The highest BCUT2D eigenvalue weighted by atomic mass is 32.1. The van der Waals surface area contributed by atoms with Gasteiger partial charge in [-0.3, -0.25) is 0 Å². The number of furan rings is 1. The fraction of sp³-hybridized carbons (Fsp3) is 0. The molecule has 2 aromatic heterocycles. The smallest absolute Gasteiger partial charge is 0.143 e. The van der Waals surface area contributed by atoms with E-state index in [1.54, 1.807) is 6.26 Å². The minimum absolute atomic E-state index is 1.01. The first kappa shape index (κ1) is 8.36. The first-order chi connectivity index (χ1) is 7.93. The summed E-state index contributed by atoms with van der Waals surface area (Å²) in [7, 11) is 0. The van der Waals surface area contributed by atoms with Gasteiger partial charge in [0.1, 0.15) is 5.58 Å². The molecule has 0 saturated carbocycles. The van der Waals surface area contributed by atoms with Gasteiger partial charge in [0, 0.05) is 25.6 Å². The van der Waals surface area contributed by atoms with E-state index in [0.29, 0.717) is 0 Å². The van der Waals surface area contributed by atoms with Crippen molar-refractivity contribution >= 4 is 42.5 Å². The van der Waals surface area contributed by atoms with Crippen molar-refractivity contribution in [3.05, 3.63) is 48.7 Å². The molecule has 4 rings (SSSR count). The Labute approximate surface area is 95.9 Å². The normalized spacial score (nSPS) is 11.8. The molecule has 0 unspecified atom stereocenters. The summed E-state index contributed by atoms with van der Waals surface area (Å²) in [5, 5.41) is 3.72. The molecule has 0 bridgehead atoms. The molecule has 0 radical (unpaired) electrons. The van der Waals surface area contributed by atoms with Crippen LogP contribution in [-0.4, -0.2) is 0 Å². The summed E-state index contributed by atoms with van der Waals surface area (Å²) in [4.78, 5) is 0. The average Bonchev–Trinajstić information content (AvgIpc) is 2.91. The van der Waals surface area contributed by atoms with Crippen LogP contribution < -0.4 is 0 Å². The molecule has 1 nitrogen and oxygen atoms in total. The van der Waals surface area contributed by atoms with Crippen molar-refractivity contribution in [1.82, 2.24) is 0 Å². The summed E-state index contributed by atoms with van der Waals surface area (Å²) in [6.07, 6.45) is 1.76. The van der Waals surface area contributed by atoms with Gasteiger partial charge in [0.15, 0.2) is 0 Å². The fourth-order valence-electron chi connectivity index (χ4n) is 2.24. The number of rotatable bonds is 0. The van der Waals surface area contributed by atoms with Gasteiger partial charge in [0.2, 0.25) is 0 Å². The largest absolute Gasteiger partial charge is 0.464 e. The lowest BCUT2D eigenvalue weighted by Gasteiger charge is -1.92. The number of hydrogen-bond acceptors (Lipinski definition) is 2. The Morgan fingerprint density at radius 1 is 0.875 bits per heavy atom. The van der Waals surface area contributed by atoms with E-state index in [0.717, 1.165) is 5.58 Å². The predicted molar refractivity (Wildman–Crippen MR) is 69.1 cm³/mol. The van der Waals surface area contributed by atoms with Crippen molar-refractivity contribution < 1.29 is 4.42 Å². The molecule has 2 heteroatoms. The molecular formula is C14H8OS. The maximum Gasteiger partial charge on any atom is 0.143 e. The summed E-state index contributed by atoms with van der Waals surface area (Å²) < 4.78 is 8.22. The molecule has 2 aromatic carbocycles. The van der Waals surface area contributed by atoms with Crippen LogP contribution in [0.3, 0.4) is 0 Å². The van der Waals surface area contributed by atoms with Crippen molar-refractivity contribution in [3.63, 3.8) is 0 Å². The van der Waals surface area contributed by atoms with Gasteiger partial charge in [-0.2, -0.15) is 0 Å². The zero-order chi connectivity index (χ0) is 10.5. The minimum atomic E-state index is 1.01. The van der Waals surface area contributed by atoms with Gasteiger partial charge in [-0.25, -0.2) is 0 Å². The molecule has 2 heterocycles. The van der Waals surface area contributed by atoms with Crippen LogP contribution in [-0.2, 0) is 0 Å². The second kappa shape index (κ2) is 2.86. The summed E-state index contributed by atoms with van der Waals surface area (Å²) in [6, 6.07) is 14.8. The van der Waals surface area contributed by atoms with Crippen LogP contribution in [0.2, 0.25) is 0 Å². The quantitative estimate of drug-likeness (QED) is 0.418. The summed E-state index contributed by atoms with van der Waals surface area (Å²) >= 11 is 1.82. The lowest BCUT2D eigenvalue weighted by molar-refractivity contribution is 0.619. The van der Waals surface area contributed by atoms with Crippen LogP contribution in [0.25, 0.3) is 31.1 Å². The molecular weight excluding hydrogens is 216 g/mol. The van der Waals surface area contributed by atoms with E-state index in [2.05, 4.69) is 36.4 Å². The van der Waals surface area contributed by atoms with Crippen molar-refractivity contribution in [2.45, 2.75) is 0 Å². The van der Waals surface area contributed by atoms with E-state index in [1.165, 1.54) is 25.6 Å². The second-order valence-electron chi connectivity index (χ2n) is 3.88. The average molecular weight is 224 g/mol. The monoisotopic (exact) mass is 224 g/mol. The zero-order valence-electron chi connectivity index (χ0n) is 8.44. The second-order valence-corrected chi connectivity index (χ2v) is 4.96. The number of fused-ring (bicyclic) bond motifs is 5. The summed E-state index contributed by atoms with van der Waals surface area (Å²) in [5.74, 6) is 0. The molecule has 0 N–H and O–H groups in total. The van der Waals surface area contributed by atoms with Gasteiger partial charge >= 0.3 is 0 Å². The van der Waals surface area contributed by atoms with Crippen molar-refractivity contribution in [1.29, 1.82) is 0 Å². The third-order valence-electron chi connectivity index (χ3n) is 2.96. The SMILES string of the molecule is c1ccc2c(c1)sc1ccc3ccoc3c12. The number of thiophene rings is 1. The molecule has 76 valence electrons. The summed E-state index contributed by atoms with van der Waals surface area (Å²) in [5.41, 5.74) is 1.01. The molecule has 0 aliphatic carbocycles. The third kappa shape index (κ3) is 0.947. The highest BCUT2D eigenvalue weighted by molar-refractivity contribution is 7.26. The van der Waals surface area contributed by atoms with Gasteiger partial charge < -0.3 is 4.42 Å². The highest BCUT2D eigenvalue weighted by Crippen LogP contribution is 2.38. The molecule has 0 atom stereocenters. The number of benzene rings is 2. The van der Waals surface area contributed by atoms with Crippen LogP contribution >= 0.6 is 11.3 Å². The Morgan fingerprint density at radius 2 is 1.81 bits per heavy atom. The van der Waals surface area contributed by atoms with Crippen LogP contribution in [0.1, 0.15) is 0 Å². The predicted octanol–water partition coefficient (Wildman–Crippen LogP) is 4.80. The Morgan fingerprint density at radius 3 is 2.81 bits per heavy atom. The van der Waals surface area contributed by atoms with Gasteiger partial charge in [-0.05, 0) is 24.3 Å². The van der Waals surface area contributed by atoms with E-state index in [-0.39, 0.29) is 0 Å². The van der Waals surface area contributed by atoms with Gasteiger partial charge in [0.25, 0.3) is 0 Å². The van der Waals surface area contributed by atoms with Crippen LogP contribution in [0.15, 0.2) is 53.1 Å². The topological polar surface area (TPSA) is 13.1 Å². The van der Waals surface area contributed by atoms with E-state index in [9.17, 15) is 0 Å². The molecule has 0 spiro atoms. The summed E-state index contributed by atoms with van der Waals surface area (Å²) in [6.45, 7) is 0. The number of hydrogen-bond donors (Lipinski definition) is 0. The first-order valence-electron chi connectivity index (χ1n) is 5.21. The molecule has 4 aromatic rings. The van der Waals surface area contributed by atoms with Crippen molar-refractivity contribution in [3.8, 4) is 0 Å². The van der Waals surface area contributed by atoms with E-state index >= 15 is 0 Å². The van der Waals surface area contributed by atoms with Gasteiger partial charge in [-0.15, -0.1) is 11.3 Å². The molecule has 0 fully saturated rings. The molecule has 0 saturated heterocycles. The van der Waals surface area contributed by atoms with E-state index in [1.807, 2.05) is 17.4 Å². The molecule has 0 amide bonds. The van der Waals surface area contributed by atoms with E-state index in [4.69, 9.17) is 4.42 Å². The lowest BCUT2D eigenvalue weighted by Crippen LogP contribution is -1.67. The van der Waals surface area contributed by atoms with Crippen LogP contribution in [0, 0.1) is 0 Å². The Bertz CT molecular complexity index is 807. The van der Waals surface area contributed by atoms with Crippen molar-refractivity contribution in [2.24, 2.45) is 0 Å². The van der Waals surface area contributed by atoms with Gasteiger partial charge in [0.05, 0.1) is 6.26 Å². The van der Waals surface area contributed by atoms with Gasteiger partial charge in [-0.1, -0.05) is 18.2 Å². The standard InChI is InChI=1S/C14H8OS/c1-2-4-11-10(3-1)13-12(16-11)6-5-9-7-8-15-14(9)13/h1-8H. The van der Waals surface area contributed by atoms with Crippen LogP contribution in [0.5, 0.6) is 0 Å². The Balaban J connectivity index is 2.42. The maximum atomic E-state index is 5.60. The molecule has 0 aliphatic rings. The molecule has 16 heavy (non-hydrogen) atoms. The zero-order valence-corrected chi connectivity index (χ0v) is 9.25. The lowest BCUT2D eigenvalue weighted by atomic mass is 10.1. The van der Waals surface area contributed by atoms with Crippen LogP contribution in [0.4, 0.5) is 0 Å². The molecule has 0 aliphatic heterocycles. The highest BCUT2D eigenvalue weighted by Gasteiger charge is 2.09. The van der Waals surface area contributed by atoms with E-state index < -0.39 is 0 Å². The Kier molecular flexibility index (Phi) is 1.50. The fourth-order valence-corrected chi connectivity index (χ4v) is 3.34. The Hall–Kier alpha value is -1.80. The van der Waals surface area contributed by atoms with Crippen molar-refractivity contribution in [2.75, 3.05) is 0 Å². The first-order valence-corrected chi connectivity index (χ1v) is 6.02. The third-order valence-corrected chi connectivity index (χ3v) is 4.10. The minimum Gasteiger partial charge on any atom is -0.464 e.